The van der Waals surface area contributed by atoms with Crippen LogP contribution in [0.4, 0.5) is 11.4 Å². The fourth-order valence-corrected chi connectivity index (χ4v) is 2.54. The van der Waals surface area contributed by atoms with Crippen molar-refractivity contribution in [3.05, 3.63) is 23.8 Å². The molecule has 3 nitrogen and oxygen atoms in total. The summed E-state index contributed by atoms with van der Waals surface area (Å²) in [4.78, 5) is 12.2. The van der Waals surface area contributed by atoms with Gasteiger partial charge in [0.15, 0.2) is 0 Å². The van der Waals surface area contributed by atoms with Crippen molar-refractivity contribution in [2.24, 2.45) is 11.8 Å². The van der Waals surface area contributed by atoms with Gasteiger partial charge in [-0.25, -0.2) is 0 Å². The molecular weight excluding hydrogens is 224 g/mol. The molecule has 3 N–H and O–H groups in total. The Labute approximate surface area is 109 Å². The number of nitrogens with two attached hydrogens (primary N) is 1. The van der Waals surface area contributed by atoms with Gasteiger partial charge in [-0.2, -0.15) is 0 Å². The van der Waals surface area contributed by atoms with Gasteiger partial charge in [-0.15, -0.1) is 0 Å². The van der Waals surface area contributed by atoms with Crippen LogP contribution in [0.2, 0.25) is 0 Å². The first kappa shape index (κ1) is 12.9. The van der Waals surface area contributed by atoms with Crippen LogP contribution in [0.15, 0.2) is 18.2 Å². The van der Waals surface area contributed by atoms with E-state index in [1.54, 1.807) is 0 Å². The minimum Gasteiger partial charge on any atom is -0.397 e. The van der Waals surface area contributed by atoms with E-state index in [9.17, 15) is 4.79 Å². The summed E-state index contributed by atoms with van der Waals surface area (Å²) in [6.45, 7) is 4.25. The SMILES string of the molecule is Cc1ccc(N)c(NC(=O)C2CCC(C)CC2)c1. The molecule has 0 radical (unpaired) electrons. The van der Waals surface area contributed by atoms with Crippen molar-refractivity contribution >= 4 is 17.3 Å². The van der Waals surface area contributed by atoms with Gasteiger partial charge in [-0.3, -0.25) is 4.79 Å². The first-order chi connectivity index (χ1) is 8.56. The lowest BCUT2D eigenvalue weighted by atomic mass is 9.82. The zero-order valence-electron chi connectivity index (χ0n) is 11.2. The fraction of sp³-hybridized carbons (Fsp3) is 0.533. The van der Waals surface area contributed by atoms with Crippen LogP contribution >= 0.6 is 0 Å². The molecule has 1 aliphatic carbocycles. The van der Waals surface area contributed by atoms with Crippen molar-refractivity contribution in [3.8, 4) is 0 Å². The molecule has 1 saturated carbocycles. The molecule has 0 aromatic heterocycles. The Morgan fingerprint density at radius 3 is 2.61 bits per heavy atom. The zero-order valence-corrected chi connectivity index (χ0v) is 11.2. The first-order valence-corrected chi connectivity index (χ1v) is 6.73. The minimum absolute atomic E-state index is 0.124. The number of hydrogen-bond acceptors (Lipinski definition) is 2. The third kappa shape index (κ3) is 3.03. The van der Waals surface area contributed by atoms with Gasteiger partial charge in [0.05, 0.1) is 11.4 Å². The molecule has 1 aromatic carbocycles. The van der Waals surface area contributed by atoms with Crippen LogP contribution in [0.5, 0.6) is 0 Å². The lowest BCUT2D eigenvalue weighted by Gasteiger charge is -2.25. The average molecular weight is 246 g/mol. The van der Waals surface area contributed by atoms with E-state index in [4.69, 9.17) is 5.73 Å². The number of carbonyl (C=O) groups excluding carboxylic acids is 1. The van der Waals surface area contributed by atoms with Gasteiger partial charge in [-0.05, 0) is 56.2 Å². The van der Waals surface area contributed by atoms with E-state index in [2.05, 4.69) is 12.2 Å². The number of benzene rings is 1. The Morgan fingerprint density at radius 2 is 1.94 bits per heavy atom. The molecule has 18 heavy (non-hydrogen) atoms. The number of nitrogen functional groups attached to an aromatic ring is 1. The van der Waals surface area contributed by atoms with Gasteiger partial charge in [0.1, 0.15) is 0 Å². The highest BCUT2D eigenvalue weighted by molar-refractivity contribution is 5.95. The molecule has 1 aromatic rings. The van der Waals surface area contributed by atoms with Crippen LogP contribution in [0, 0.1) is 18.8 Å². The normalized spacial score (nSPS) is 23.7. The zero-order chi connectivity index (χ0) is 13.1. The number of rotatable bonds is 2. The van der Waals surface area contributed by atoms with Crippen LogP contribution < -0.4 is 11.1 Å². The second-order valence-electron chi connectivity index (χ2n) is 5.54. The predicted molar refractivity (Wildman–Crippen MR) is 75.3 cm³/mol. The fourth-order valence-electron chi connectivity index (χ4n) is 2.54. The Bertz CT molecular complexity index is 434. The molecule has 3 heteroatoms. The Hall–Kier alpha value is -1.51. The molecule has 0 atom stereocenters. The van der Waals surface area contributed by atoms with Crippen molar-refractivity contribution in [3.63, 3.8) is 0 Å². The minimum atomic E-state index is 0.124. The van der Waals surface area contributed by atoms with Crippen molar-refractivity contribution in [1.29, 1.82) is 0 Å². The highest BCUT2D eigenvalue weighted by Gasteiger charge is 2.24. The van der Waals surface area contributed by atoms with Crippen LogP contribution in [-0.4, -0.2) is 5.91 Å². The molecule has 0 saturated heterocycles. The number of nitrogens with one attached hydrogen (secondary N) is 1. The maximum absolute atomic E-state index is 12.2. The highest BCUT2D eigenvalue weighted by Crippen LogP contribution is 2.30. The smallest absolute Gasteiger partial charge is 0.227 e. The summed E-state index contributed by atoms with van der Waals surface area (Å²) in [7, 11) is 0. The molecule has 0 aliphatic heterocycles. The van der Waals surface area contributed by atoms with Gasteiger partial charge >= 0.3 is 0 Å². The second kappa shape index (κ2) is 5.42. The summed E-state index contributed by atoms with van der Waals surface area (Å²) in [5.74, 6) is 1.04. The van der Waals surface area contributed by atoms with E-state index in [1.165, 1.54) is 0 Å². The van der Waals surface area contributed by atoms with Crippen LogP contribution in [0.25, 0.3) is 0 Å². The molecule has 98 valence electrons. The second-order valence-corrected chi connectivity index (χ2v) is 5.54. The van der Waals surface area contributed by atoms with E-state index in [1.807, 2.05) is 25.1 Å². The Balaban J connectivity index is 2.00. The summed E-state index contributed by atoms with van der Waals surface area (Å²) in [6, 6.07) is 5.72. The lowest BCUT2D eigenvalue weighted by molar-refractivity contribution is -0.121. The molecule has 0 spiro atoms. The summed E-state index contributed by atoms with van der Waals surface area (Å²) < 4.78 is 0. The summed E-state index contributed by atoms with van der Waals surface area (Å²) in [5, 5.41) is 2.97. The van der Waals surface area contributed by atoms with E-state index in [0.717, 1.165) is 42.9 Å². The number of anilines is 2. The quantitative estimate of drug-likeness (QED) is 0.786. The van der Waals surface area contributed by atoms with Crippen LogP contribution in [-0.2, 0) is 4.79 Å². The predicted octanol–water partition coefficient (Wildman–Crippen LogP) is 3.34. The summed E-state index contributed by atoms with van der Waals surface area (Å²) in [6.07, 6.45) is 4.31. The molecule has 2 rings (SSSR count). The van der Waals surface area contributed by atoms with Gasteiger partial charge in [-0.1, -0.05) is 13.0 Å². The number of carbonyl (C=O) groups is 1. The van der Waals surface area contributed by atoms with Crippen molar-refractivity contribution in [2.75, 3.05) is 11.1 Å². The van der Waals surface area contributed by atoms with Gasteiger partial charge in [0.25, 0.3) is 0 Å². The van der Waals surface area contributed by atoms with E-state index in [0.29, 0.717) is 5.69 Å². The topological polar surface area (TPSA) is 55.1 Å². The van der Waals surface area contributed by atoms with Crippen LogP contribution in [0.3, 0.4) is 0 Å². The largest absolute Gasteiger partial charge is 0.397 e. The number of amides is 1. The standard InChI is InChI=1S/C15H22N2O/c1-10-3-6-12(7-4-10)15(18)17-14-9-11(2)5-8-13(14)16/h5,8-10,12H,3-4,6-7,16H2,1-2H3,(H,17,18). The average Bonchev–Trinajstić information content (AvgIpc) is 2.34. The highest BCUT2D eigenvalue weighted by atomic mass is 16.1. The monoisotopic (exact) mass is 246 g/mol. The third-order valence-corrected chi connectivity index (χ3v) is 3.85. The third-order valence-electron chi connectivity index (χ3n) is 3.85. The first-order valence-electron chi connectivity index (χ1n) is 6.73. The van der Waals surface area contributed by atoms with Crippen LogP contribution in [0.1, 0.15) is 38.2 Å². The maximum Gasteiger partial charge on any atom is 0.227 e. The molecule has 1 amide bonds. The maximum atomic E-state index is 12.2. The van der Waals surface area contributed by atoms with Crippen molar-refractivity contribution < 1.29 is 4.79 Å². The van der Waals surface area contributed by atoms with Crippen molar-refractivity contribution in [2.45, 2.75) is 39.5 Å². The summed E-state index contributed by atoms with van der Waals surface area (Å²) >= 11 is 0. The van der Waals surface area contributed by atoms with E-state index >= 15 is 0 Å². The van der Waals surface area contributed by atoms with Crippen molar-refractivity contribution in [1.82, 2.24) is 0 Å². The molecular formula is C15H22N2O. The van der Waals surface area contributed by atoms with Gasteiger partial charge in [0, 0.05) is 5.92 Å². The van der Waals surface area contributed by atoms with Gasteiger partial charge < -0.3 is 11.1 Å². The Morgan fingerprint density at radius 1 is 1.28 bits per heavy atom. The molecule has 0 unspecified atom stereocenters. The number of aryl methyl sites for hydroxylation is 1. The Kier molecular flexibility index (Phi) is 3.90. The summed E-state index contributed by atoms with van der Waals surface area (Å²) in [5.41, 5.74) is 8.37. The number of hydrogen-bond donors (Lipinski definition) is 2. The van der Waals surface area contributed by atoms with Gasteiger partial charge in [0.2, 0.25) is 5.91 Å². The molecule has 1 aliphatic rings. The molecule has 0 heterocycles. The van der Waals surface area contributed by atoms with E-state index < -0.39 is 0 Å². The van der Waals surface area contributed by atoms with E-state index in [-0.39, 0.29) is 11.8 Å². The molecule has 1 fully saturated rings. The lowest BCUT2D eigenvalue weighted by Crippen LogP contribution is -2.26. The molecule has 0 bridgehead atoms.